The fraction of sp³-hybridized carbons (Fsp3) is 0.118. The predicted octanol–water partition coefficient (Wildman–Crippen LogP) is 3.72. The van der Waals surface area contributed by atoms with Crippen molar-refractivity contribution < 1.29 is 4.74 Å². The molecule has 0 aliphatic heterocycles. The van der Waals surface area contributed by atoms with Crippen molar-refractivity contribution in [2.45, 2.75) is 13.3 Å². The number of hydrogen-bond acceptors (Lipinski definition) is 2. The maximum Gasteiger partial charge on any atom is 0.122 e. The first kappa shape index (κ1) is 12.6. The lowest BCUT2D eigenvalue weighted by atomic mass is 10.1. The standard InChI is InChI=1S/C17H16N2O/c1-2-4-15(5-3-1)13-20-14-19-11-8-17(12-19)16-6-9-18-10-7-16/h1-12H,13-14H2. The van der Waals surface area contributed by atoms with Crippen molar-refractivity contribution in [3.8, 4) is 11.1 Å². The average Bonchev–Trinajstić information content (AvgIpc) is 2.98. The summed E-state index contributed by atoms with van der Waals surface area (Å²) in [7, 11) is 0. The molecule has 0 bridgehead atoms. The predicted molar refractivity (Wildman–Crippen MR) is 78.9 cm³/mol. The van der Waals surface area contributed by atoms with Crippen LogP contribution in [0.5, 0.6) is 0 Å². The van der Waals surface area contributed by atoms with E-state index in [-0.39, 0.29) is 0 Å². The van der Waals surface area contributed by atoms with E-state index >= 15 is 0 Å². The molecule has 100 valence electrons. The quantitative estimate of drug-likeness (QED) is 0.702. The van der Waals surface area contributed by atoms with E-state index in [9.17, 15) is 0 Å². The molecule has 1 aromatic carbocycles. The van der Waals surface area contributed by atoms with Gasteiger partial charge in [0.25, 0.3) is 0 Å². The van der Waals surface area contributed by atoms with Crippen LogP contribution in [-0.4, -0.2) is 9.55 Å². The number of ether oxygens (including phenoxy) is 1. The van der Waals surface area contributed by atoms with E-state index in [1.807, 2.05) is 41.1 Å². The van der Waals surface area contributed by atoms with E-state index in [1.54, 1.807) is 12.4 Å². The number of pyridine rings is 1. The maximum atomic E-state index is 5.71. The lowest BCUT2D eigenvalue weighted by Crippen LogP contribution is -1.99. The van der Waals surface area contributed by atoms with Crippen molar-refractivity contribution in [1.82, 2.24) is 9.55 Å². The van der Waals surface area contributed by atoms with Gasteiger partial charge in [-0.3, -0.25) is 4.98 Å². The molecule has 3 heteroatoms. The van der Waals surface area contributed by atoms with Gasteiger partial charge in [0.05, 0.1) is 6.61 Å². The van der Waals surface area contributed by atoms with Crippen molar-refractivity contribution in [3.05, 3.63) is 78.9 Å². The Bertz CT molecular complexity index is 647. The topological polar surface area (TPSA) is 27.1 Å². The molecule has 3 aromatic rings. The van der Waals surface area contributed by atoms with Crippen molar-refractivity contribution in [2.75, 3.05) is 0 Å². The summed E-state index contributed by atoms with van der Waals surface area (Å²) in [6.07, 6.45) is 7.72. The van der Waals surface area contributed by atoms with Gasteiger partial charge in [-0.1, -0.05) is 30.3 Å². The molecule has 0 spiro atoms. The fourth-order valence-corrected chi connectivity index (χ4v) is 2.08. The van der Waals surface area contributed by atoms with Gasteiger partial charge < -0.3 is 9.30 Å². The van der Waals surface area contributed by atoms with Crippen LogP contribution in [0, 0.1) is 0 Å². The largest absolute Gasteiger partial charge is 0.356 e. The molecule has 0 aliphatic carbocycles. The fourth-order valence-electron chi connectivity index (χ4n) is 2.08. The summed E-state index contributed by atoms with van der Waals surface area (Å²) in [6, 6.07) is 16.3. The van der Waals surface area contributed by atoms with Crippen LogP contribution in [0.15, 0.2) is 73.3 Å². The molecule has 0 saturated carbocycles. The number of hydrogen-bond donors (Lipinski definition) is 0. The number of aromatic nitrogens is 2. The molecule has 0 unspecified atom stereocenters. The van der Waals surface area contributed by atoms with E-state index in [0.29, 0.717) is 13.3 Å². The zero-order valence-electron chi connectivity index (χ0n) is 11.1. The smallest absolute Gasteiger partial charge is 0.122 e. The van der Waals surface area contributed by atoms with Crippen LogP contribution in [-0.2, 0) is 18.1 Å². The Labute approximate surface area is 118 Å². The van der Waals surface area contributed by atoms with Crippen molar-refractivity contribution in [1.29, 1.82) is 0 Å². The highest BCUT2D eigenvalue weighted by molar-refractivity contribution is 5.61. The molecule has 0 amide bonds. The van der Waals surface area contributed by atoms with Gasteiger partial charge in [-0.25, -0.2) is 0 Å². The summed E-state index contributed by atoms with van der Waals surface area (Å²) in [5.41, 5.74) is 3.53. The van der Waals surface area contributed by atoms with Crippen LogP contribution in [0.25, 0.3) is 11.1 Å². The molecule has 0 N–H and O–H groups in total. The Morgan fingerprint density at radius 1 is 0.900 bits per heavy atom. The molecule has 3 nitrogen and oxygen atoms in total. The zero-order valence-corrected chi connectivity index (χ0v) is 11.1. The summed E-state index contributed by atoms with van der Waals surface area (Å²) < 4.78 is 7.75. The van der Waals surface area contributed by atoms with Crippen LogP contribution in [0.2, 0.25) is 0 Å². The van der Waals surface area contributed by atoms with Gasteiger partial charge in [0.1, 0.15) is 6.73 Å². The number of rotatable bonds is 5. The Morgan fingerprint density at radius 3 is 2.50 bits per heavy atom. The monoisotopic (exact) mass is 264 g/mol. The van der Waals surface area contributed by atoms with E-state index in [4.69, 9.17) is 4.74 Å². The van der Waals surface area contributed by atoms with E-state index in [0.717, 1.165) is 0 Å². The number of benzene rings is 1. The molecule has 0 atom stereocenters. The summed E-state index contributed by atoms with van der Waals surface area (Å²) in [5, 5.41) is 0. The second-order valence-corrected chi connectivity index (χ2v) is 4.61. The van der Waals surface area contributed by atoms with Gasteiger partial charge in [0, 0.05) is 24.8 Å². The van der Waals surface area contributed by atoms with E-state index < -0.39 is 0 Å². The number of nitrogens with zero attached hydrogens (tertiary/aromatic N) is 2. The Morgan fingerprint density at radius 2 is 1.70 bits per heavy atom. The molecule has 2 heterocycles. The van der Waals surface area contributed by atoms with Gasteiger partial charge in [0.2, 0.25) is 0 Å². The summed E-state index contributed by atoms with van der Waals surface area (Å²) in [5.74, 6) is 0. The maximum absolute atomic E-state index is 5.71. The molecular weight excluding hydrogens is 248 g/mol. The molecule has 3 rings (SSSR count). The minimum absolute atomic E-state index is 0.556. The van der Waals surface area contributed by atoms with Gasteiger partial charge in [0.15, 0.2) is 0 Å². The highest BCUT2D eigenvalue weighted by atomic mass is 16.5. The Kier molecular flexibility index (Phi) is 3.90. The minimum atomic E-state index is 0.556. The third-order valence-corrected chi connectivity index (χ3v) is 3.12. The summed E-state index contributed by atoms with van der Waals surface area (Å²) >= 11 is 0. The Hall–Kier alpha value is -2.39. The van der Waals surface area contributed by atoms with Crippen LogP contribution in [0.3, 0.4) is 0 Å². The molecular formula is C17H16N2O. The van der Waals surface area contributed by atoms with E-state index in [2.05, 4.69) is 29.4 Å². The lowest BCUT2D eigenvalue weighted by molar-refractivity contribution is 0.0643. The Balaban J connectivity index is 1.58. The summed E-state index contributed by atoms with van der Waals surface area (Å²) in [6.45, 7) is 1.18. The average molecular weight is 264 g/mol. The molecule has 0 fully saturated rings. The second-order valence-electron chi connectivity index (χ2n) is 4.61. The van der Waals surface area contributed by atoms with Crippen LogP contribution >= 0.6 is 0 Å². The molecule has 0 aliphatic rings. The normalized spacial score (nSPS) is 10.6. The van der Waals surface area contributed by atoms with Crippen LogP contribution in [0.1, 0.15) is 5.56 Å². The van der Waals surface area contributed by atoms with Gasteiger partial charge >= 0.3 is 0 Å². The molecule has 20 heavy (non-hydrogen) atoms. The minimum Gasteiger partial charge on any atom is -0.356 e. The summed E-state index contributed by atoms with van der Waals surface area (Å²) in [4.78, 5) is 4.03. The van der Waals surface area contributed by atoms with Gasteiger partial charge in [-0.15, -0.1) is 0 Å². The SMILES string of the molecule is c1ccc(COCn2ccc(-c3ccncc3)c2)cc1. The highest BCUT2D eigenvalue weighted by Crippen LogP contribution is 2.18. The first-order valence-electron chi connectivity index (χ1n) is 6.60. The van der Waals surface area contributed by atoms with Crippen LogP contribution < -0.4 is 0 Å². The third kappa shape index (κ3) is 3.13. The van der Waals surface area contributed by atoms with Crippen molar-refractivity contribution >= 4 is 0 Å². The second kappa shape index (κ2) is 6.17. The third-order valence-electron chi connectivity index (χ3n) is 3.12. The van der Waals surface area contributed by atoms with E-state index in [1.165, 1.54) is 16.7 Å². The highest BCUT2D eigenvalue weighted by Gasteiger charge is 2.00. The first-order valence-corrected chi connectivity index (χ1v) is 6.60. The van der Waals surface area contributed by atoms with Crippen LogP contribution in [0.4, 0.5) is 0 Å². The lowest BCUT2D eigenvalue weighted by Gasteiger charge is -2.05. The zero-order chi connectivity index (χ0) is 13.6. The van der Waals surface area contributed by atoms with Gasteiger partial charge in [-0.05, 0) is 34.9 Å². The molecule has 2 aromatic heterocycles. The molecule has 0 radical (unpaired) electrons. The van der Waals surface area contributed by atoms with Crippen molar-refractivity contribution in [2.24, 2.45) is 0 Å². The molecule has 0 saturated heterocycles. The van der Waals surface area contributed by atoms with Gasteiger partial charge in [-0.2, -0.15) is 0 Å². The van der Waals surface area contributed by atoms with Crippen molar-refractivity contribution in [3.63, 3.8) is 0 Å². The first-order chi connectivity index (χ1) is 9.92.